The summed E-state index contributed by atoms with van der Waals surface area (Å²) in [6.45, 7) is -0.767. The van der Waals surface area contributed by atoms with E-state index in [-0.39, 0.29) is 5.75 Å². The Kier molecular flexibility index (Phi) is 3.74. The monoisotopic (exact) mass is 216 g/mol. The minimum absolute atomic E-state index is 0.0557. The third-order valence-corrected chi connectivity index (χ3v) is 1.68. The summed E-state index contributed by atoms with van der Waals surface area (Å²) in [5.41, 5.74) is 0. The Balaban J connectivity index is 2.63. The summed E-state index contributed by atoms with van der Waals surface area (Å²) in [6, 6.07) is 7.59. The smallest absolute Gasteiger partial charge is 0.382 e. The van der Waals surface area contributed by atoms with Gasteiger partial charge in [-0.1, -0.05) is 18.2 Å². The molecule has 0 saturated heterocycles. The Hall–Kier alpha value is -1.49. The summed E-state index contributed by atoms with van der Waals surface area (Å²) in [5.74, 6) is -5.24. The van der Waals surface area contributed by atoms with Crippen LogP contribution in [0.3, 0.4) is 0 Å². The predicted octanol–water partition coefficient (Wildman–Crippen LogP) is 1.61. The molecular weight excluding hydrogens is 206 g/mol. The maximum atomic E-state index is 12.9. The zero-order chi connectivity index (χ0) is 11.3. The quantitative estimate of drug-likeness (QED) is 0.614. The van der Waals surface area contributed by atoms with E-state index in [0.29, 0.717) is 0 Å². The number of aliphatic hydroxyl groups is 1. The Morgan fingerprint density at radius 1 is 1.33 bits per heavy atom. The topological polar surface area (TPSA) is 46.5 Å². The first-order valence-corrected chi connectivity index (χ1v) is 4.32. The first-order valence-electron chi connectivity index (χ1n) is 4.32. The number of benzene rings is 1. The highest BCUT2D eigenvalue weighted by atomic mass is 19.3. The molecule has 3 nitrogen and oxygen atoms in total. The van der Waals surface area contributed by atoms with Gasteiger partial charge in [-0.15, -0.1) is 0 Å². The average Bonchev–Trinajstić information content (AvgIpc) is 2.19. The maximum absolute atomic E-state index is 12.9. The molecule has 1 aromatic carbocycles. The van der Waals surface area contributed by atoms with E-state index in [1.165, 1.54) is 12.1 Å². The van der Waals surface area contributed by atoms with Crippen LogP contribution in [0.4, 0.5) is 8.78 Å². The molecule has 0 radical (unpaired) electrons. The van der Waals surface area contributed by atoms with Crippen LogP contribution >= 0.6 is 0 Å². The van der Waals surface area contributed by atoms with Crippen LogP contribution in [0.2, 0.25) is 0 Å². The summed E-state index contributed by atoms with van der Waals surface area (Å²) < 4.78 is 30.2. The second-order valence-corrected chi connectivity index (χ2v) is 2.88. The van der Waals surface area contributed by atoms with E-state index >= 15 is 0 Å². The lowest BCUT2D eigenvalue weighted by atomic mass is 10.2. The molecule has 82 valence electrons. The van der Waals surface area contributed by atoms with Gasteiger partial charge in [0.1, 0.15) is 5.75 Å². The molecule has 0 aromatic heterocycles. The molecule has 0 heterocycles. The van der Waals surface area contributed by atoms with Crippen LogP contribution in [0, 0.1) is 0 Å². The van der Waals surface area contributed by atoms with Gasteiger partial charge in [0.15, 0.2) is 0 Å². The van der Waals surface area contributed by atoms with Gasteiger partial charge < -0.3 is 9.84 Å². The van der Waals surface area contributed by atoms with Gasteiger partial charge in [0.05, 0.1) is 0 Å². The van der Waals surface area contributed by atoms with Crippen LogP contribution in [0.25, 0.3) is 0 Å². The summed E-state index contributed by atoms with van der Waals surface area (Å²) in [6.07, 6.45) is -0.932. The second-order valence-electron chi connectivity index (χ2n) is 2.88. The predicted molar refractivity (Wildman–Crippen MR) is 48.7 cm³/mol. The van der Waals surface area contributed by atoms with E-state index in [9.17, 15) is 13.6 Å². The molecule has 1 N–H and O–H groups in total. The molecule has 0 saturated carbocycles. The first-order chi connectivity index (χ1) is 7.06. The van der Waals surface area contributed by atoms with Gasteiger partial charge in [0.2, 0.25) is 0 Å². The number of carbonyl (C=O) groups is 1. The van der Waals surface area contributed by atoms with Gasteiger partial charge in [-0.2, -0.15) is 8.78 Å². The van der Waals surface area contributed by atoms with E-state index < -0.39 is 24.9 Å². The van der Waals surface area contributed by atoms with E-state index in [1.54, 1.807) is 18.2 Å². The number of hydrogen-bond acceptors (Lipinski definition) is 3. The molecule has 1 rings (SSSR count). The van der Waals surface area contributed by atoms with Crippen molar-refractivity contribution >= 4 is 5.97 Å². The normalized spacial score (nSPS) is 11.1. The van der Waals surface area contributed by atoms with Crippen molar-refractivity contribution in [2.45, 2.75) is 12.3 Å². The van der Waals surface area contributed by atoms with Crippen molar-refractivity contribution in [1.82, 2.24) is 0 Å². The first kappa shape index (κ1) is 11.6. The van der Waals surface area contributed by atoms with Gasteiger partial charge in [-0.05, 0) is 12.1 Å². The molecule has 0 aliphatic carbocycles. The van der Waals surface area contributed by atoms with Crippen molar-refractivity contribution in [3.8, 4) is 5.75 Å². The van der Waals surface area contributed by atoms with Crippen molar-refractivity contribution in [3.63, 3.8) is 0 Å². The number of alkyl halides is 2. The van der Waals surface area contributed by atoms with Crippen LogP contribution in [-0.2, 0) is 4.79 Å². The molecule has 0 fully saturated rings. The summed E-state index contributed by atoms with van der Waals surface area (Å²) in [4.78, 5) is 10.9. The number of esters is 1. The molecule has 0 bridgehead atoms. The Labute approximate surface area is 85.3 Å². The van der Waals surface area contributed by atoms with Crippen molar-refractivity contribution in [3.05, 3.63) is 30.3 Å². The van der Waals surface area contributed by atoms with E-state index in [1.807, 2.05) is 0 Å². The number of rotatable bonds is 4. The van der Waals surface area contributed by atoms with Crippen molar-refractivity contribution < 1.29 is 23.4 Å². The van der Waals surface area contributed by atoms with E-state index in [2.05, 4.69) is 4.74 Å². The second kappa shape index (κ2) is 4.84. The summed E-state index contributed by atoms with van der Waals surface area (Å²) >= 11 is 0. The number of halogens is 2. The third-order valence-electron chi connectivity index (χ3n) is 1.68. The van der Waals surface area contributed by atoms with Gasteiger partial charge in [-0.25, -0.2) is 4.79 Å². The molecule has 0 atom stereocenters. The highest BCUT2D eigenvalue weighted by molar-refractivity contribution is 5.79. The highest BCUT2D eigenvalue weighted by Crippen LogP contribution is 2.21. The van der Waals surface area contributed by atoms with Crippen LogP contribution < -0.4 is 4.74 Å². The largest absolute Gasteiger partial charge is 0.422 e. The Morgan fingerprint density at radius 3 is 2.47 bits per heavy atom. The highest BCUT2D eigenvalue weighted by Gasteiger charge is 2.40. The minimum atomic E-state index is -3.65. The van der Waals surface area contributed by atoms with Gasteiger partial charge in [0.25, 0.3) is 0 Å². The van der Waals surface area contributed by atoms with E-state index in [0.717, 1.165) is 0 Å². The number of ether oxygens (including phenoxy) is 1. The lowest BCUT2D eigenvalue weighted by Gasteiger charge is -2.13. The van der Waals surface area contributed by atoms with Crippen LogP contribution in [0.1, 0.15) is 6.42 Å². The molecule has 0 unspecified atom stereocenters. The molecule has 0 amide bonds. The van der Waals surface area contributed by atoms with Crippen LogP contribution in [0.5, 0.6) is 5.75 Å². The number of aliphatic hydroxyl groups excluding tert-OH is 1. The van der Waals surface area contributed by atoms with Crippen molar-refractivity contribution in [2.75, 3.05) is 6.61 Å². The van der Waals surface area contributed by atoms with E-state index in [4.69, 9.17) is 5.11 Å². The fourth-order valence-corrected chi connectivity index (χ4v) is 0.913. The van der Waals surface area contributed by atoms with Crippen LogP contribution in [-0.4, -0.2) is 23.6 Å². The van der Waals surface area contributed by atoms with Crippen LogP contribution in [0.15, 0.2) is 30.3 Å². The van der Waals surface area contributed by atoms with Crippen molar-refractivity contribution in [1.29, 1.82) is 0 Å². The lowest BCUT2D eigenvalue weighted by Crippen LogP contribution is -2.33. The molecule has 0 aliphatic heterocycles. The fourth-order valence-electron chi connectivity index (χ4n) is 0.913. The standard InChI is InChI=1S/C10H10F2O3/c11-10(12,6-7-13)9(14)15-8-4-2-1-3-5-8/h1-5,13H,6-7H2. The summed E-state index contributed by atoms with van der Waals surface area (Å²) in [7, 11) is 0. The Bertz CT molecular complexity index is 325. The minimum Gasteiger partial charge on any atom is -0.422 e. The van der Waals surface area contributed by atoms with Gasteiger partial charge in [-0.3, -0.25) is 0 Å². The molecule has 5 heteroatoms. The molecule has 15 heavy (non-hydrogen) atoms. The summed E-state index contributed by atoms with van der Waals surface area (Å²) in [5, 5.41) is 8.33. The molecule has 1 aromatic rings. The molecular formula is C10H10F2O3. The average molecular weight is 216 g/mol. The Morgan fingerprint density at radius 2 is 1.93 bits per heavy atom. The van der Waals surface area contributed by atoms with Crippen molar-refractivity contribution in [2.24, 2.45) is 0 Å². The number of para-hydroxylation sites is 1. The SMILES string of the molecule is O=C(Oc1ccccc1)C(F)(F)CCO. The number of hydrogen-bond donors (Lipinski definition) is 1. The zero-order valence-corrected chi connectivity index (χ0v) is 7.82. The van der Waals surface area contributed by atoms with Gasteiger partial charge >= 0.3 is 11.9 Å². The van der Waals surface area contributed by atoms with Gasteiger partial charge in [0, 0.05) is 13.0 Å². The fraction of sp³-hybridized carbons (Fsp3) is 0.300. The number of carbonyl (C=O) groups excluding carboxylic acids is 1. The zero-order valence-electron chi connectivity index (χ0n) is 7.82. The molecule has 0 aliphatic rings. The lowest BCUT2D eigenvalue weighted by molar-refractivity contribution is -0.163. The maximum Gasteiger partial charge on any atom is 0.382 e. The third kappa shape index (κ3) is 3.28. The molecule has 0 spiro atoms.